The molecule has 0 unspecified atom stereocenters. The quantitative estimate of drug-likeness (QED) is 0.595. The van der Waals surface area contributed by atoms with E-state index in [1.165, 1.54) is 26.5 Å². The highest BCUT2D eigenvalue weighted by molar-refractivity contribution is 5.95. The summed E-state index contributed by atoms with van der Waals surface area (Å²) in [7, 11) is 3.02. The van der Waals surface area contributed by atoms with Crippen molar-refractivity contribution in [2.45, 2.75) is 6.92 Å². The maximum atomic E-state index is 12.1. The summed E-state index contributed by atoms with van der Waals surface area (Å²) < 4.78 is 15.6. The minimum absolute atomic E-state index is 0.0494. The van der Waals surface area contributed by atoms with E-state index in [1.807, 2.05) is 6.92 Å². The topological polar surface area (TPSA) is 89.4 Å². The second kappa shape index (κ2) is 8.58. The van der Waals surface area contributed by atoms with Crippen LogP contribution in [0.1, 0.15) is 22.8 Å². The van der Waals surface area contributed by atoms with Gasteiger partial charge in [-0.2, -0.15) is 5.10 Å². The van der Waals surface area contributed by atoms with Crippen LogP contribution in [-0.4, -0.2) is 38.1 Å². The predicted octanol–water partition coefficient (Wildman–Crippen LogP) is 2.57. The monoisotopic (exact) mass is 344 g/mol. The van der Waals surface area contributed by atoms with Crippen LogP contribution in [-0.2, 0) is 0 Å². The Kier molecular flexibility index (Phi) is 6.22. The van der Waals surface area contributed by atoms with Gasteiger partial charge in [0, 0.05) is 5.56 Å². The number of hydrogen-bond acceptors (Lipinski definition) is 6. The number of carbonyl (C=O) groups excluding carboxylic acids is 1. The molecule has 0 atom stereocenters. The lowest BCUT2D eigenvalue weighted by Gasteiger charge is -2.08. The molecule has 25 heavy (non-hydrogen) atoms. The fourth-order valence-electron chi connectivity index (χ4n) is 2.09. The molecule has 0 fully saturated rings. The van der Waals surface area contributed by atoms with E-state index in [0.717, 1.165) is 0 Å². The van der Waals surface area contributed by atoms with E-state index in [9.17, 15) is 9.90 Å². The number of methoxy groups -OCH3 is 2. The van der Waals surface area contributed by atoms with Crippen LogP contribution < -0.4 is 19.6 Å². The smallest absolute Gasteiger partial charge is 0.271 e. The summed E-state index contributed by atoms with van der Waals surface area (Å²) in [6.07, 6.45) is 1.46. The highest BCUT2D eigenvalue weighted by Crippen LogP contribution is 2.27. The molecule has 0 saturated carbocycles. The Morgan fingerprint density at radius 3 is 2.56 bits per heavy atom. The fraction of sp³-hybridized carbons (Fsp3) is 0.222. The summed E-state index contributed by atoms with van der Waals surface area (Å²) in [6.45, 7) is 2.26. The Bertz CT molecular complexity index is 774. The Balaban J connectivity index is 2.06. The molecule has 2 N–H and O–H groups in total. The van der Waals surface area contributed by atoms with E-state index in [0.29, 0.717) is 35.0 Å². The molecule has 1 amide bonds. The Hall–Kier alpha value is -3.22. The van der Waals surface area contributed by atoms with Gasteiger partial charge in [-0.25, -0.2) is 5.43 Å². The first-order valence-electron chi connectivity index (χ1n) is 7.60. The molecular weight excluding hydrogens is 324 g/mol. The minimum Gasteiger partial charge on any atom is -0.504 e. The first-order valence-corrected chi connectivity index (χ1v) is 7.60. The SMILES string of the molecule is CCOc1cc(/C=N\NC(=O)c2ccc(OC)c(OC)c2)ccc1O. The van der Waals surface area contributed by atoms with Crippen molar-refractivity contribution in [1.29, 1.82) is 0 Å². The molecule has 2 aromatic carbocycles. The van der Waals surface area contributed by atoms with Crippen LogP contribution >= 0.6 is 0 Å². The van der Waals surface area contributed by atoms with Crippen molar-refractivity contribution in [2.24, 2.45) is 5.10 Å². The van der Waals surface area contributed by atoms with E-state index < -0.39 is 0 Å². The summed E-state index contributed by atoms with van der Waals surface area (Å²) in [6, 6.07) is 9.61. The average Bonchev–Trinajstić information content (AvgIpc) is 2.63. The van der Waals surface area contributed by atoms with Crippen LogP contribution in [0.3, 0.4) is 0 Å². The second-order valence-corrected chi connectivity index (χ2v) is 4.93. The van der Waals surface area contributed by atoms with E-state index in [1.54, 1.807) is 30.3 Å². The van der Waals surface area contributed by atoms with E-state index >= 15 is 0 Å². The maximum Gasteiger partial charge on any atom is 0.271 e. The molecule has 2 rings (SSSR count). The van der Waals surface area contributed by atoms with Crippen molar-refractivity contribution in [3.8, 4) is 23.0 Å². The standard InChI is InChI=1S/C18H20N2O5/c1-4-25-16-9-12(5-7-14(16)21)11-19-20-18(22)13-6-8-15(23-2)17(10-13)24-3/h5-11,21H,4H2,1-3H3,(H,20,22)/b19-11-. The van der Waals surface area contributed by atoms with Crippen molar-refractivity contribution in [3.05, 3.63) is 47.5 Å². The first-order chi connectivity index (χ1) is 12.1. The van der Waals surface area contributed by atoms with Gasteiger partial charge < -0.3 is 19.3 Å². The number of phenols is 1. The number of benzene rings is 2. The third kappa shape index (κ3) is 4.63. The van der Waals surface area contributed by atoms with Gasteiger partial charge in [0.2, 0.25) is 0 Å². The summed E-state index contributed by atoms with van der Waals surface area (Å²) in [5.41, 5.74) is 3.49. The summed E-state index contributed by atoms with van der Waals surface area (Å²) in [5.74, 6) is 1.01. The van der Waals surface area contributed by atoms with E-state index in [-0.39, 0.29) is 11.7 Å². The molecule has 0 heterocycles. The Morgan fingerprint density at radius 2 is 1.88 bits per heavy atom. The average molecular weight is 344 g/mol. The molecule has 7 heteroatoms. The van der Waals surface area contributed by atoms with Crippen molar-refractivity contribution in [1.82, 2.24) is 5.43 Å². The number of amides is 1. The zero-order valence-electron chi connectivity index (χ0n) is 14.3. The van der Waals surface area contributed by atoms with Gasteiger partial charge in [-0.15, -0.1) is 0 Å². The molecule has 0 radical (unpaired) electrons. The molecule has 132 valence electrons. The van der Waals surface area contributed by atoms with E-state index in [2.05, 4.69) is 10.5 Å². The molecule has 2 aromatic rings. The lowest BCUT2D eigenvalue weighted by molar-refractivity contribution is 0.0954. The van der Waals surface area contributed by atoms with Gasteiger partial charge in [-0.1, -0.05) is 0 Å². The van der Waals surface area contributed by atoms with Crippen molar-refractivity contribution >= 4 is 12.1 Å². The number of hydrogen-bond donors (Lipinski definition) is 2. The van der Waals surface area contributed by atoms with Crippen LogP contribution in [0.2, 0.25) is 0 Å². The first kappa shape index (κ1) is 18.1. The van der Waals surface area contributed by atoms with Crippen LogP contribution in [0.25, 0.3) is 0 Å². The highest BCUT2D eigenvalue weighted by Gasteiger charge is 2.10. The number of carbonyl (C=O) groups is 1. The minimum atomic E-state index is -0.388. The Morgan fingerprint density at radius 1 is 1.12 bits per heavy atom. The molecule has 0 aliphatic heterocycles. The summed E-state index contributed by atoms with van der Waals surface area (Å²) in [5, 5.41) is 13.6. The zero-order valence-corrected chi connectivity index (χ0v) is 14.3. The zero-order chi connectivity index (χ0) is 18.2. The third-order valence-corrected chi connectivity index (χ3v) is 3.31. The largest absolute Gasteiger partial charge is 0.504 e. The Labute approximate surface area is 145 Å². The number of ether oxygens (including phenoxy) is 3. The summed E-state index contributed by atoms with van der Waals surface area (Å²) in [4.78, 5) is 12.1. The van der Waals surface area contributed by atoms with Gasteiger partial charge >= 0.3 is 0 Å². The molecule has 0 aromatic heterocycles. The lowest BCUT2D eigenvalue weighted by Crippen LogP contribution is -2.17. The predicted molar refractivity (Wildman–Crippen MR) is 93.9 cm³/mol. The number of aromatic hydroxyl groups is 1. The number of nitrogens with one attached hydrogen (secondary N) is 1. The third-order valence-electron chi connectivity index (χ3n) is 3.31. The number of hydrazone groups is 1. The summed E-state index contributed by atoms with van der Waals surface area (Å²) >= 11 is 0. The van der Waals surface area contributed by atoms with Crippen LogP contribution in [0.15, 0.2) is 41.5 Å². The molecule has 0 bridgehead atoms. The van der Waals surface area contributed by atoms with Crippen molar-refractivity contribution in [3.63, 3.8) is 0 Å². The lowest BCUT2D eigenvalue weighted by atomic mass is 10.2. The normalized spacial score (nSPS) is 10.5. The molecule has 0 spiro atoms. The number of phenolic OH excluding ortho intramolecular Hbond substituents is 1. The fourth-order valence-corrected chi connectivity index (χ4v) is 2.09. The van der Waals surface area contributed by atoms with Crippen molar-refractivity contribution < 1.29 is 24.1 Å². The van der Waals surface area contributed by atoms with Gasteiger partial charge in [0.25, 0.3) is 5.91 Å². The van der Waals surface area contributed by atoms with E-state index in [4.69, 9.17) is 14.2 Å². The molecule has 0 saturated heterocycles. The molecule has 0 aliphatic carbocycles. The molecular formula is C18H20N2O5. The van der Waals surface area contributed by atoms with Gasteiger partial charge in [-0.3, -0.25) is 4.79 Å². The van der Waals surface area contributed by atoms with Gasteiger partial charge in [0.15, 0.2) is 23.0 Å². The van der Waals surface area contributed by atoms with Gasteiger partial charge in [0.1, 0.15) is 0 Å². The maximum absolute atomic E-state index is 12.1. The molecule has 0 aliphatic rings. The van der Waals surface area contributed by atoms with Gasteiger partial charge in [-0.05, 0) is 48.9 Å². The van der Waals surface area contributed by atoms with Gasteiger partial charge in [0.05, 0.1) is 27.0 Å². The van der Waals surface area contributed by atoms with Crippen LogP contribution in [0, 0.1) is 0 Å². The second-order valence-electron chi connectivity index (χ2n) is 4.93. The van der Waals surface area contributed by atoms with Crippen LogP contribution in [0.4, 0.5) is 0 Å². The van der Waals surface area contributed by atoms with Crippen LogP contribution in [0.5, 0.6) is 23.0 Å². The van der Waals surface area contributed by atoms with Crippen molar-refractivity contribution in [2.75, 3.05) is 20.8 Å². The number of rotatable bonds is 7. The number of nitrogens with zero attached hydrogens (tertiary/aromatic N) is 1. The highest BCUT2D eigenvalue weighted by atomic mass is 16.5. The molecule has 7 nitrogen and oxygen atoms in total.